The first-order valence-electron chi connectivity index (χ1n) is 9.25. The number of unbranched alkanes of at least 4 members (excludes halogenated alkanes) is 3. The second-order valence-electron chi connectivity index (χ2n) is 6.47. The standard InChI is InChI=1S/C18H34O5/c1-3-5-6-9-14(19)16-12-13-17(23-16)15(20)10-7-8-11-18(21)22-4-2/h14-17,19-20H,3-13H2,1-2H3/t14-,15+,16?,17+/m0/s1. The van der Waals surface area contributed by atoms with Crippen LogP contribution < -0.4 is 0 Å². The van der Waals surface area contributed by atoms with Gasteiger partial charge in [0.1, 0.15) is 0 Å². The predicted octanol–water partition coefficient (Wildman–Crippen LogP) is 2.96. The maximum atomic E-state index is 11.2. The fraction of sp³-hybridized carbons (Fsp3) is 0.944. The Morgan fingerprint density at radius 2 is 1.61 bits per heavy atom. The smallest absolute Gasteiger partial charge is 0.305 e. The first-order chi connectivity index (χ1) is 11.1. The molecule has 0 aromatic heterocycles. The molecule has 0 amide bonds. The molecule has 1 rings (SSSR count). The molecule has 5 nitrogen and oxygen atoms in total. The molecule has 1 aliphatic rings. The number of hydrogen-bond donors (Lipinski definition) is 2. The number of ether oxygens (including phenoxy) is 2. The first-order valence-corrected chi connectivity index (χ1v) is 9.25. The van der Waals surface area contributed by atoms with Crippen LogP contribution in [0.25, 0.3) is 0 Å². The number of hydrogen-bond acceptors (Lipinski definition) is 5. The predicted molar refractivity (Wildman–Crippen MR) is 89.2 cm³/mol. The van der Waals surface area contributed by atoms with E-state index in [9.17, 15) is 15.0 Å². The van der Waals surface area contributed by atoms with Crippen molar-refractivity contribution in [1.82, 2.24) is 0 Å². The van der Waals surface area contributed by atoms with Gasteiger partial charge in [-0.05, 0) is 39.0 Å². The van der Waals surface area contributed by atoms with Crippen LogP contribution in [-0.4, -0.2) is 47.2 Å². The van der Waals surface area contributed by atoms with Gasteiger partial charge in [0.25, 0.3) is 0 Å². The zero-order chi connectivity index (χ0) is 17.1. The third kappa shape index (κ3) is 8.13. The van der Waals surface area contributed by atoms with Crippen molar-refractivity contribution in [3.8, 4) is 0 Å². The van der Waals surface area contributed by atoms with Gasteiger partial charge < -0.3 is 19.7 Å². The van der Waals surface area contributed by atoms with Crippen molar-refractivity contribution in [2.45, 2.75) is 102 Å². The quantitative estimate of drug-likeness (QED) is 0.425. The summed E-state index contributed by atoms with van der Waals surface area (Å²) in [4.78, 5) is 11.2. The topological polar surface area (TPSA) is 76.0 Å². The highest BCUT2D eigenvalue weighted by atomic mass is 16.5. The Bertz CT molecular complexity index is 321. The van der Waals surface area contributed by atoms with Gasteiger partial charge in [-0.25, -0.2) is 0 Å². The fourth-order valence-corrected chi connectivity index (χ4v) is 3.09. The van der Waals surface area contributed by atoms with Gasteiger partial charge in [-0.2, -0.15) is 0 Å². The highest BCUT2D eigenvalue weighted by Gasteiger charge is 2.33. The normalized spacial score (nSPS) is 23.7. The van der Waals surface area contributed by atoms with E-state index in [1.165, 1.54) is 0 Å². The summed E-state index contributed by atoms with van der Waals surface area (Å²) in [5, 5.41) is 20.4. The second kappa shape index (κ2) is 11.8. The number of aliphatic hydroxyl groups excluding tert-OH is 2. The van der Waals surface area contributed by atoms with Gasteiger partial charge in [0.05, 0.1) is 31.0 Å². The number of esters is 1. The Balaban J connectivity index is 2.15. The van der Waals surface area contributed by atoms with Crippen molar-refractivity contribution in [2.24, 2.45) is 0 Å². The highest BCUT2D eigenvalue weighted by Crippen LogP contribution is 2.28. The lowest BCUT2D eigenvalue weighted by Crippen LogP contribution is -2.31. The minimum absolute atomic E-state index is 0.133. The molecule has 0 bridgehead atoms. The minimum atomic E-state index is -0.509. The van der Waals surface area contributed by atoms with Gasteiger partial charge in [0, 0.05) is 6.42 Å². The maximum absolute atomic E-state index is 11.2. The molecular formula is C18H34O5. The van der Waals surface area contributed by atoms with E-state index >= 15 is 0 Å². The summed E-state index contributed by atoms with van der Waals surface area (Å²) in [6.45, 7) is 4.36. The van der Waals surface area contributed by atoms with Crippen LogP contribution in [0, 0.1) is 0 Å². The fourth-order valence-electron chi connectivity index (χ4n) is 3.09. The number of rotatable bonds is 12. The molecule has 0 aliphatic carbocycles. The second-order valence-corrected chi connectivity index (χ2v) is 6.47. The van der Waals surface area contributed by atoms with Gasteiger partial charge in [-0.15, -0.1) is 0 Å². The monoisotopic (exact) mass is 330 g/mol. The average molecular weight is 330 g/mol. The molecule has 1 saturated heterocycles. The molecule has 0 saturated carbocycles. The van der Waals surface area contributed by atoms with Crippen LogP contribution in [0.15, 0.2) is 0 Å². The third-order valence-electron chi connectivity index (χ3n) is 4.48. The molecule has 1 unspecified atom stereocenters. The summed E-state index contributed by atoms with van der Waals surface area (Å²) < 4.78 is 10.7. The van der Waals surface area contributed by atoms with Gasteiger partial charge in [-0.3, -0.25) is 4.79 Å². The van der Waals surface area contributed by atoms with E-state index in [1.807, 2.05) is 0 Å². The van der Waals surface area contributed by atoms with Crippen LogP contribution in [-0.2, 0) is 14.3 Å². The van der Waals surface area contributed by atoms with E-state index in [-0.39, 0.29) is 18.2 Å². The Morgan fingerprint density at radius 3 is 2.13 bits per heavy atom. The number of aliphatic hydroxyl groups is 2. The summed E-state index contributed by atoms with van der Waals surface area (Å²) in [5.74, 6) is -0.172. The van der Waals surface area contributed by atoms with Crippen molar-refractivity contribution in [3.63, 3.8) is 0 Å². The Kier molecular flexibility index (Phi) is 10.5. The molecule has 136 valence electrons. The van der Waals surface area contributed by atoms with Crippen LogP contribution in [0.4, 0.5) is 0 Å². The molecule has 0 radical (unpaired) electrons. The molecule has 1 fully saturated rings. The van der Waals surface area contributed by atoms with Crippen molar-refractivity contribution in [2.75, 3.05) is 6.61 Å². The first kappa shape index (κ1) is 20.4. The zero-order valence-corrected chi connectivity index (χ0v) is 14.7. The van der Waals surface area contributed by atoms with E-state index in [0.717, 1.165) is 51.4 Å². The van der Waals surface area contributed by atoms with Gasteiger partial charge >= 0.3 is 5.97 Å². The van der Waals surface area contributed by atoms with Gasteiger partial charge in [0.15, 0.2) is 0 Å². The Hall–Kier alpha value is -0.650. The van der Waals surface area contributed by atoms with E-state index < -0.39 is 12.2 Å². The summed E-state index contributed by atoms with van der Waals surface area (Å²) in [5.41, 5.74) is 0. The molecule has 1 aliphatic heterocycles. The number of carbonyl (C=O) groups is 1. The minimum Gasteiger partial charge on any atom is -0.466 e. The Labute approximate surface area is 140 Å². The lowest BCUT2D eigenvalue weighted by atomic mass is 10.0. The summed E-state index contributed by atoms with van der Waals surface area (Å²) in [6, 6.07) is 0. The SMILES string of the molecule is CCCCC[C@H](O)C1CC[C@H]([C@H](O)CCCCC(=O)OCC)O1. The summed E-state index contributed by atoms with van der Waals surface area (Å²) in [6.07, 6.45) is 7.01. The van der Waals surface area contributed by atoms with Crippen molar-refractivity contribution in [3.05, 3.63) is 0 Å². The maximum Gasteiger partial charge on any atom is 0.305 e. The molecule has 0 aromatic carbocycles. The molecule has 23 heavy (non-hydrogen) atoms. The lowest BCUT2D eigenvalue weighted by molar-refractivity contribution is -0.143. The third-order valence-corrected chi connectivity index (χ3v) is 4.48. The van der Waals surface area contributed by atoms with Crippen LogP contribution in [0.3, 0.4) is 0 Å². The van der Waals surface area contributed by atoms with Crippen LogP contribution in [0.5, 0.6) is 0 Å². The van der Waals surface area contributed by atoms with Crippen LogP contribution in [0.1, 0.15) is 78.1 Å². The molecule has 1 heterocycles. The van der Waals surface area contributed by atoms with Gasteiger partial charge in [-0.1, -0.05) is 32.6 Å². The largest absolute Gasteiger partial charge is 0.466 e. The van der Waals surface area contributed by atoms with Crippen molar-refractivity contribution < 1.29 is 24.5 Å². The summed E-state index contributed by atoms with van der Waals surface area (Å²) in [7, 11) is 0. The molecule has 0 aromatic rings. The average Bonchev–Trinajstić information content (AvgIpc) is 3.02. The molecule has 0 spiro atoms. The molecule has 4 atom stereocenters. The lowest BCUT2D eigenvalue weighted by Gasteiger charge is -2.22. The van der Waals surface area contributed by atoms with Crippen LogP contribution in [0.2, 0.25) is 0 Å². The highest BCUT2D eigenvalue weighted by molar-refractivity contribution is 5.69. The molecule has 2 N–H and O–H groups in total. The Morgan fingerprint density at radius 1 is 1.04 bits per heavy atom. The summed E-state index contributed by atoms with van der Waals surface area (Å²) >= 11 is 0. The van der Waals surface area contributed by atoms with E-state index in [4.69, 9.17) is 9.47 Å². The number of carbonyl (C=O) groups excluding carboxylic acids is 1. The van der Waals surface area contributed by atoms with Crippen molar-refractivity contribution in [1.29, 1.82) is 0 Å². The molecule has 5 heteroatoms. The van der Waals surface area contributed by atoms with E-state index in [0.29, 0.717) is 19.4 Å². The van der Waals surface area contributed by atoms with E-state index in [1.54, 1.807) is 6.92 Å². The molecular weight excluding hydrogens is 296 g/mol. The van der Waals surface area contributed by atoms with Gasteiger partial charge in [0.2, 0.25) is 0 Å². The van der Waals surface area contributed by atoms with Crippen molar-refractivity contribution >= 4 is 5.97 Å². The van der Waals surface area contributed by atoms with Crippen LogP contribution >= 0.6 is 0 Å². The van der Waals surface area contributed by atoms with E-state index in [2.05, 4.69) is 6.92 Å². The zero-order valence-electron chi connectivity index (χ0n) is 14.7.